The standard InChI is InChI=1S/C38H40F6N4O3S/c1-52(50,51)29-14-15-32-30(23-29)33(36(49)46-35(38(42,43)44)25-10-5-4-6-11-25)31(34(45-32)26-12-9-13-27(22-26)37(39,40)41)24-47-20-16-28(17-21-47)48-18-7-2-3-8-19-48/h4-6,9-15,22-23,28,35H,2-3,7-8,16-21,24H2,1H3,(H,46,49)/t35-/m1/s1. The van der Waals surface area contributed by atoms with Crippen molar-refractivity contribution in [2.75, 3.05) is 32.4 Å². The second-order valence-corrected chi connectivity index (χ2v) is 15.7. The molecule has 1 aromatic heterocycles. The summed E-state index contributed by atoms with van der Waals surface area (Å²) in [4.78, 5) is 23.4. The second-order valence-electron chi connectivity index (χ2n) is 13.7. The second kappa shape index (κ2) is 15.2. The molecule has 0 aliphatic carbocycles. The van der Waals surface area contributed by atoms with Gasteiger partial charge < -0.3 is 10.2 Å². The molecule has 0 bridgehead atoms. The summed E-state index contributed by atoms with van der Waals surface area (Å²) in [6, 6.07) is 12.9. The van der Waals surface area contributed by atoms with E-state index in [4.69, 9.17) is 0 Å². The van der Waals surface area contributed by atoms with E-state index in [1.165, 1.54) is 73.5 Å². The molecule has 4 aromatic rings. The summed E-state index contributed by atoms with van der Waals surface area (Å²) in [6.07, 6.45) is -2.45. The summed E-state index contributed by atoms with van der Waals surface area (Å²) in [7, 11) is -3.85. The molecule has 1 atom stereocenters. The molecule has 7 nitrogen and oxygen atoms in total. The van der Waals surface area contributed by atoms with Crippen LogP contribution in [-0.4, -0.2) is 73.8 Å². The Balaban J connectivity index is 1.51. The number of nitrogens with one attached hydrogen (secondary N) is 1. The van der Waals surface area contributed by atoms with Crippen LogP contribution in [0.1, 0.15) is 71.6 Å². The fourth-order valence-electron chi connectivity index (χ4n) is 7.34. The maximum atomic E-state index is 14.6. The topological polar surface area (TPSA) is 82.6 Å². The Morgan fingerprint density at radius 3 is 2.15 bits per heavy atom. The number of sulfone groups is 1. The van der Waals surface area contributed by atoms with Crippen molar-refractivity contribution in [3.63, 3.8) is 0 Å². The van der Waals surface area contributed by atoms with Crippen LogP contribution in [0.3, 0.4) is 0 Å². The molecule has 2 aliphatic heterocycles. The van der Waals surface area contributed by atoms with Crippen LogP contribution in [-0.2, 0) is 22.6 Å². The van der Waals surface area contributed by atoms with Crippen LogP contribution in [0.25, 0.3) is 22.2 Å². The van der Waals surface area contributed by atoms with Gasteiger partial charge in [0.1, 0.15) is 0 Å². The van der Waals surface area contributed by atoms with E-state index in [2.05, 4.69) is 15.2 Å². The highest BCUT2D eigenvalue weighted by molar-refractivity contribution is 7.90. The first kappa shape index (κ1) is 37.7. The summed E-state index contributed by atoms with van der Waals surface area (Å²) < 4.78 is 111. The van der Waals surface area contributed by atoms with Crippen LogP contribution in [0.4, 0.5) is 26.3 Å². The Hall–Kier alpha value is -4.01. The number of nitrogens with zero attached hydrogens (tertiary/aromatic N) is 3. The lowest BCUT2D eigenvalue weighted by molar-refractivity contribution is -0.155. The van der Waals surface area contributed by atoms with Crippen LogP contribution in [0, 0.1) is 0 Å². The molecule has 3 heterocycles. The lowest BCUT2D eigenvalue weighted by Crippen LogP contribution is -2.45. The quantitative estimate of drug-likeness (QED) is 0.183. The first-order valence-corrected chi connectivity index (χ1v) is 19.2. The monoisotopic (exact) mass is 746 g/mol. The molecule has 52 heavy (non-hydrogen) atoms. The Bertz CT molecular complexity index is 2010. The fraction of sp³-hybridized carbons (Fsp3) is 0.421. The molecule has 3 aromatic carbocycles. The third kappa shape index (κ3) is 8.61. The fourth-order valence-corrected chi connectivity index (χ4v) is 7.98. The molecule has 2 fully saturated rings. The number of fused-ring (bicyclic) bond motifs is 1. The maximum absolute atomic E-state index is 14.6. The minimum Gasteiger partial charge on any atom is -0.337 e. The number of benzene rings is 3. The predicted octanol–water partition coefficient (Wildman–Crippen LogP) is 8.20. The normalized spacial score (nSPS) is 17.9. The maximum Gasteiger partial charge on any atom is 0.416 e. The van der Waals surface area contributed by atoms with E-state index in [1.54, 1.807) is 0 Å². The van der Waals surface area contributed by atoms with Crippen molar-refractivity contribution in [1.29, 1.82) is 0 Å². The van der Waals surface area contributed by atoms with Gasteiger partial charge in [0.05, 0.1) is 27.2 Å². The average molecular weight is 747 g/mol. The molecular weight excluding hydrogens is 706 g/mol. The summed E-state index contributed by atoms with van der Waals surface area (Å²) >= 11 is 0. The van der Waals surface area contributed by atoms with Gasteiger partial charge in [0.15, 0.2) is 15.9 Å². The highest BCUT2D eigenvalue weighted by Crippen LogP contribution is 2.38. The third-order valence-corrected chi connectivity index (χ3v) is 11.1. The van der Waals surface area contributed by atoms with E-state index in [0.29, 0.717) is 19.1 Å². The van der Waals surface area contributed by atoms with Gasteiger partial charge in [-0.2, -0.15) is 26.3 Å². The van der Waals surface area contributed by atoms with Crippen LogP contribution in [0.5, 0.6) is 0 Å². The van der Waals surface area contributed by atoms with Crippen molar-refractivity contribution < 1.29 is 39.6 Å². The Morgan fingerprint density at radius 2 is 1.54 bits per heavy atom. The van der Waals surface area contributed by atoms with Gasteiger partial charge in [0.25, 0.3) is 5.91 Å². The lowest BCUT2D eigenvalue weighted by atomic mass is 9.93. The molecule has 278 valence electrons. The number of amides is 1. The Morgan fingerprint density at radius 1 is 0.865 bits per heavy atom. The smallest absolute Gasteiger partial charge is 0.337 e. The van der Waals surface area contributed by atoms with Crippen LogP contribution < -0.4 is 5.32 Å². The van der Waals surface area contributed by atoms with Crippen molar-refractivity contribution in [2.45, 2.75) is 74.4 Å². The molecule has 0 saturated carbocycles. The van der Waals surface area contributed by atoms with Gasteiger partial charge in [-0.15, -0.1) is 0 Å². The molecule has 2 aliphatic rings. The number of rotatable bonds is 8. The largest absolute Gasteiger partial charge is 0.416 e. The zero-order chi connectivity index (χ0) is 37.3. The average Bonchev–Trinajstić information content (AvgIpc) is 3.39. The number of carbonyl (C=O) groups excluding carboxylic acids is 1. The first-order chi connectivity index (χ1) is 24.6. The van der Waals surface area contributed by atoms with Crippen LogP contribution in [0.2, 0.25) is 0 Å². The van der Waals surface area contributed by atoms with E-state index in [0.717, 1.165) is 57.2 Å². The molecule has 0 unspecified atom stereocenters. The number of hydrogen-bond donors (Lipinski definition) is 1. The molecule has 14 heteroatoms. The van der Waals surface area contributed by atoms with E-state index >= 15 is 0 Å². The van der Waals surface area contributed by atoms with Crippen molar-refractivity contribution in [3.05, 3.63) is 95.1 Å². The van der Waals surface area contributed by atoms with E-state index in [1.807, 2.05) is 4.90 Å². The highest BCUT2D eigenvalue weighted by atomic mass is 32.2. The minimum atomic E-state index is -4.92. The number of pyridine rings is 1. The van der Waals surface area contributed by atoms with E-state index in [-0.39, 0.29) is 50.3 Å². The van der Waals surface area contributed by atoms with Crippen LogP contribution in [0.15, 0.2) is 77.7 Å². The molecular formula is C38H40F6N4O3S. The van der Waals surface area contributed by atoms with Crippen molar-refractivity contribution >= 4 is 26.6 Å². The van der Waals surface area contributed by atoms with Gasteiger partial charge in [-0.25, -0.2) is 13.4 Å². The van der Waals surface area contributed by atoms with Gasteiger partial charge in [-0.1, -0.05) is 55.3 Å². The number of halogens is 6. The first-order valence-electron chi connectivity index (χ1n) is 17.3. The van der Waals surface area contributed by atoms with Crippen molar-refractivity contribution in [3.8, 4) is 11.3 Å². The molecule has 1 N–H and O–H groups in total. The molecule has 0 spiro atoms. The van der Waals surface area contributed by atoms with Gasteiger partial charge >= 0.3 is 12.4 Å². The predicted molar refractivity (Wildman–Crippen MR) is 186 cm³/mol. The minimum absolute atomic E-state index is 0.00577. The number of likely N-dealkylation sites (tertiary alicyclic amines) is 2. The Kier molecular flexibility index (Phi) is 11.0. The van der Waals surface area contributed by atoms with Gasteiger partial charge in [0.2, 0.25) is 0 Å². The zero-order valence-electron chi connectivity index (χ0n) is 28.6. The highest BCUT2D eigenvalue weighted by Gasteiger charge is 2.43. The molecule has 6 rings (SSSR count). The van der Waals surface area contributed by atoms with E-state index < -0.39 is 39.7 Å². The molecule has 2 saturated heterocycles. The number of piperidine rings is 1. The summed E-state index contributed by atoms with van der Waals surface area (Å²) in [5.41, 5.74) is -1.31. The zero-order valence-corrected chi connectivity index (χ0v) is 29.4. The van der Waals surface area contributed by atoms with Gasteiger partial charge in [-0.3, -0.25) is 9.69 Å². The lowest BCUT2D eigenvalue weighted by Gasteiger charge is -2.38. The number of carbonyl (C=O) groups is 1. The molecule has 1 amide bonds. The number of aromatic nitrogens is 1. The van der Waals surface area contributed by atoms with Gasteiger partial charge in [-0.05, 0) is 87.8 Å². The summed E-state index contributed by atoms with van der Waals surface area (Å²) in [6.45, 7) is 3.14. The Labute approximate surface area is 298 Å². The number of alkyl halides is 6. The van der Waals surface area contributed by atoms with Crippen molar-refractivity contribution in [1.82, 2.24) is 20.1 Å². The van der Waals surface area contributed by atoms with Gasteiger partial charge in [0, 0.05) is 35.4 Å². The van der Waals surface area contributed by atoms with Crippen molar-refractivity contribution in [2.24, 2.45) is 0 Å². The SMILES string of the molecule is CS(=O)(=O)c1ccc2nc(-c3cccc(C(F)(F)F)c3)c(CN3CCC(N4CCCCCC4)CC3)c(C(=O)N[C@H](c3ccccc3)C(F)(F)F)c2c1. The molecule has 0 radical (unpaired) electrons. The summed E-state index contributed by atoms with van der Waals surface area (Å²) in [5.74, 6) is -1.16. The van der Waals surface area contributed by atoms with E-state index in [9.17, 15) is 39.6 Å². The van der Waals surface area contributed by atoms with Crippen LogP contribution >= 0.6 is 0 Å². The summed E-state index contributed by atoms with van der Waals surface area (Å²) in [5, 5.41) is 2.11. The number of hydrogen-bond acceptors (Lipinski definition) is 6. The third-order valence-electron chi connectivity index (χ3n) is 10.0.